The molecule has 23 heavy (non-hydrogen) atoms. The maximum atomic E-state index is 5.90. The quantitative estimate of drug-likeness (QED) is 0.573. The molecule has 2 rings (SSSR count). The first-order valence-corrected chi connectivity index (χ1v) is 10.8. The Morgan fingerprint density at radius 1 is 0.870 bits per heavy atom. The highest BCUT2D eigenvalue weighted by Crippen LogP contribution is 2.21. The van der Waals surface area contributed by atoms with Crippen LogP contribution in [-0.4, -0.2) is 29.0 Å². The maximum Gasteiger partial charge on any atom is 0.218 e. The first kappa shape index (κ1) is 17.4. The fraction of sp³-hybridized carbons (Fsp3) is 0.333. The van der Waals surface area contributed by atoms with Gasteiger partial charge in [0.2, 0.25) is 8.32 Å². The van der Waals surface area contributed by atoms with Crippen LogP contribution < -0.4 is 10.1 Å². The molecule has 2 aromatic carbocycles. The van der Waals surface area contributed by atoms with Gasteiger partial charge in [0.1, 0.15) is 0 Å². The first-order chi connectivity index (χ1) is 10.9. The van der Waals surface area contributed by atoms with Crippen molar-refractivity contribution in [2.45, 2.75) is 20.0 Å². The van der Waals surface area contributed by atoms with Gasteiger partial charge in [-0.2, -0.15) is 10.2 Å². The highest BCUT2D eigenvalue weighted by atomic mass is 28.4. The van der Waals surface area contributed by atoms with Crippen molar-refractivity contribution in [3.05, 3.63) is 48.5 Å². The number of hydrogen-bond acceptors (Lipinski definition) is 4. The van der Waals surface area contributed by atoms with Crippen LogP contribution in [0.1, 0.15) is 6.92 Å². The van der Waals surface area contributed by atoms with Gasteiger partial charge in [-0.1, -0.05) is 12.1 Å². The van der Waals surface area contributed by atoms with E-state index in [1.165, 1.54) is 5.19 Å². The zero-order chi connectivity index (χ0) is 16.9. The molecular weight excluding hydrogens is 302 g/mol. The lowest BCUT2D eigenvalue weighted by Gasteiger charge is -2.22. The molecule has 0 heterocycles. The van der Waals surface area contributed by atoms with E-state index in [0.29, 0.717) is 0 Å². The van der Waals surface area contributed by atoms with Crippen molar-refractivity contribution in [1.82, 2.24) is 0 Å². The molecular formula is C18H25N3OSi. The number of rotatable bonds is 6. The molecule has 0 atom stereocenters. The summed E-state index contributed by atoms with van der Waals surface area (Å²) in [6, 6.07) is 16.2. The van der Waals surface area contributed by atoms with E-state index in [0.717, 1.165) is 23.7 Å². The van der Waals surface area contributed by atoms with Crippen molar-refractivity contribution in [3.63, 3.8) is 0 Å². The van der Waals surface area contributed by atoms with Gasteiger partial charge in [0.15, 0.2) is 0 Å². The molecule has 0 radical (unpaired) electrons. The molecule has 4 nitrogen and oxygen atoms in total. The van der Waals surface area contributed by atoms with Gasteiger partial charge in [-0.25, -0.2) is 0 Å². The Balaban J connectivity index is 2.08. The third-order valence-electron chi connectivity index (χ3n) is 3.71. The second-order valence-electron chi connectivity index (χ2n) is 6.10. The largest absolute Gasteiger partial charge is 0.413 e. The van der Waals surface area contributed by atoms with Crippen LogP contribution in [0.15, 0.2) is 58.8 Å². The van der Waals surface area contributed by atoms with Crippen LogP contribution in [0, 0.1) is 0 Å². The Labute approximate surface area is 140 Å². The summed E-state index contributed by atoms with van der Waals surface area (Å²) in [5, 5.41) is 9.87. The molecule has 0 unspecified atom stereocenters. The van der Waals surface area contributed by atoms with Crippen molar-refractivity contribution < 1.29 is 4.43 Å². The molecule has 2 aromatic rings. The summed E-state index contributed by atoms with van der Waals surface area (Å²) in [5.41, 5.74) is 2.85. The van der Waals surface area contributed by atoms with Crippen LogP contribution in [0.2, 0.25) is 13.1 Å². The van der Waals surface area contributed by atoms with Crippen LogP contribution in [-0.2, 0) is 4.43 Å². The minimum Gasteiger partial charge on any atom is -0.413 e. The molecule has 122 valence electrons. The lowest BCUT2D eigenvalue weighted by atomic mass is 10.3. The van der Waals surface area contributed by atoms with Gasteiger partial charge in [-0.05, 0) is 61.6 Å². The van der Waals surface area contributed by atoms with E-state index in [-0.39, 0.29) is 0 Å². The van der Waals surface area contributed by atoms with Gasteiger partial charge in [0, 0.05) is 26.4 Å². The number of azo groups is 1. The number of benzene rings is 2. The van der Waals surface area contributed by atoms with E-state index >= 15 is 0 Å². The third-order valence-corrected chi connectivity index (χ3v) is 6.45. The lowest BCUT2D eigenvalue weighted by molar-refractivity contribution is 0.339. The molecule has 0 saturated heterocycles. The van der Waals surface area contributed by atoms with Gasteiger partial charge in [-0.3, -0.25) is 0 Å². The van der Waals surface area contributed by atoms with E-state index in [9.17, 15) is 0 Å². The van der Waals surface area contributed by atoms with Crippen LogP contribution in [0.25, 0.3) is 0 Å². The van der Waals surface area contributed by atoms with Crippen molar-refractivity contribution in [3.8, 4) is 0 Å². The predicted octanol–water partition coefficient (Wildman–Crippen LogP) is 4.62. The van der Waals surface area contributed by atoms with Crippen molar-refractivity contribution in [1.29, 1.82) is 0 Å². The second kappa shape index (κ2) is 7.52. The number of hydrogen-bond donors (Lipinski definition) is 0. The molecule has 0 aliphatic rings. The molecule has 0 spiro atoms. The minimum atomic E-state index is -1.78. The van der Waals surface area contributed by atoms with E-state index < -0.39 is 8.32 Å². The lowest BCUT2D eigenvalue weighted by Crippen LogP contribution is -2.44. The zero-order valence-electron chi connectivity index (χ0n) is 14.6. The summed E-state index contributed by atoms with van der Waals surface area (Å²) in [4.78, 5) is 2.06. The average molecular weight is 328 g/mol. The van der Waals surface area contributed by atoms with Gasteiger partial charge in [0.05, 0.1) is 11.4 Å². The molecule has 5 heteroatoms. The molecule has 0 bridgehead atoms. The van der Waals surface area contributed by atoms with Crippen LogP contribution in [0.3, 0.4) is 0 Å². The maximum absolute atomic E-state index is 5.90. The Bertz CT molecular complexity index is 649. The normalized spacial score (nSPS) is 11.9. The molecule has 0 aliphatic heterocycles. The molecule has 0 fully saturated rings. The summed E-state index contributed by atoms with van der Waals surface area (Å²) in [7, 11) is 2.25. The van der Waals surface area contributed by atoms with Gasteiger partial charge >= 0.3 is 0 Å². The topological polar surface area (TPSA) is 37.2 Å². The number of anilines is 1. The average Bonchev–Trinajstić information content (AvgIpc) is 2.53. The molecule has 0 aliphatic carbocycles. The Hall–Kier alpha value is -1.98. The van der Waals surface area contributed by atoms with E-state index in [1.807, 2.05) is 57.4 Å². The highest BCUT2D eigenvalue weighted by molar-refractivity contribution is 6.84. The Morgan fingerprint density at radius 2 is 1.35 bits per heavy atom. The summed E-state index contributed by atoms with van der Waals surface area (Å²) >= 11 is 0. The third kappa shape index (κ3) is 4.74. The van der Waals surface area contributed by atoms with E-state index in [2.05, 4.69) is 40.4 Å². The summed E-state index contributed by atoms with van der Waals surface area (Å²) < 4.78 is 5.90. The minimum absolute atomic E-state index is 0.754. The standard InChI is InChI=1S/C18H25N3OSi/c1-6-22-23(4,5)18-13-9-16(10-14-18)20-19-15-7-11-17(12-8-15)21(2)3/h7-14H,6H2,1-5H3. The number of nitrogens with zero attached hydrogens (tertiary/aromatic N) is 3. The first-order valence-electron chi connectivity index (χ1n) is 7.86. The Morgan fingerprint density at radius 3 is 1.78 bits per heavy atom. The zero-order valence-corrected chi connectivity index (χ0v) is 15.6. The molecule has 0 saturated carbocycles. The van der Waals surface area contributed by atoms with Crippen molar-refractivity contribution in [2.75, 3.05) is 25.6 Å². The van der Waals surface area contributed by atoms with Gasteiger partial charge < -0.3 is 9.33 Å². The molecule has 0 amide bonds. The molecule has 0 N–H and O–H groups in total. The molecule has 0 aromatic heterocycles. The smallest absolute Gasteiger partial charge is 0.218 e. The van der Waals surface area contributed by atoms with Crippen LogP contribution in [0.4, 0.5) is 17.1 Å². The van der Waals surface area contributed by atoms with Crippen LogP contribution in [0.5, 0.6) is 0 Å². The van der Waals surface area contributed by atoms with E-state index in [1.54, 1.807) is 0 Å². The Kier molecular flexibility index (Phi) is 5.68. The highest BCUT2D eigenvalue weighted by Gasteiger charge is 2.24. The summed E-state index contributed by atoms with van der Waals surface area (Å²) in [5.74, 6) is 0. The van der Waals surface area contributed by atoms with Gasteiger partial charge in [-0.15, -0.1) is 0 Å². The second-order valence-corrected chi connectivity index (χ2v) is 9.99. The monoisotopic (exact) mass is 327 g/mol. The van der Waals surface area contributed by atoms with Crippen molar-refractivity contribution in [2.24, 2.45) is 10.2 Å². The summed E-state index contributed by atoms with van der Waals surface area (Å²) in [6.07, 6.45) is 0. The summed E-state index contributed by atoms with van der Waals surface area (Å²) in [6.45, 7) is 7.21. The fourth-order valence-corrected chi connectivity index (χ4v) is 4.16. The van der Waals surface area contributed by atoms with Gasteiger partial charge in [0.25, 0.3) is 0 Å². The fourth-order valence-electron chi connectivity index (χ4n) is 2.31. The SMILES string of the molecule is CCO[Si](C)(C)c1ccc(N=Nc2ccc(N(C)C)cc2)cc1. The van der Waals surface area contributed by atoms with Crippen molar-refractivity contribution >= 4 is 30.6 Å². The van der Waals surface area contributed by atoms with E-state index in [4.69, 9.17) is 4.43 Å². The predicted molar refractivity (Wildman–Crippen MR) is 100 cm³/mol. The van der Waals surface area contributed by atoms with Crippen LogP contribution >= 0.6 is 0 Å².